The van der Waals surface area contributed by atoms with E-state index < -0.39 is 0 Å². The first-order chi connectivity index (χ1) is 18.9. The van der Waals surface area contributed by atoms with Crippen LogP contribution in [0.1, 0.15) is 41.5 Å². The fraction of sp³-hybridized carbons (Fsp3) is 0.344. The molecule has 1 aliphatic heterocycles. The minimum absolute atomic E-state index is 0.140. The minimum Gasteiger partial charge on any atom is -0.490 e. The molecule has 0 aromatic heterocycles. The summed E-state index contributed by atoms with van der Waals surface area (Å²) in [7, 11) is 0. The van der Waals surface area contributed by atoms with E-state index in [-0.39, 0.29) is 18.3 Å². The van der Waals surface area contributed by atoms with Crippen LogP contribution >= 0.6 is 15.9 Å². The van der Waals surface area contributed by atoms with Crippen LogP contribution in [0.25, 0.3) is 5.57 Å². The Kier molecular flexibility index (Phi) is 8.68. The van der Waals surface area contributed by atoms with Crippen LogP contribution in [0, 0.1) is 19.7 Å². The van der Waals surface area contributed by atoms with Crippen molar-refractivity contribution in [2.75, 3.05) is 26.3 Å². The van der Waals surface area contributed by atoms with Crippen LogP contribution in [0.4, 0.5) is 4.39 Å². The van der Waals surface area contributed by atoms with Gasteiger partial charge in [0.05, 0.1) is 4.47 Å². The lowest BCUT2D eigenvalue weighted by Crippen LogP contribution is -2.39. The molecule has 0 bridgehead atoms. The van der Waals surface area contributed by atoms with Crippen molar-refractivity contribution in [2.45, 2.75) is 45.7 Å². The molecule has 1 N–H and O–H groups in total. The lowest BCUT2D eigenvalue weighted by atomic mass is 9.93. The van der Waals surface area contributed by atoms with Gasteiger partial charge < -0.3 is 19.7 Å². The Balaban J connectivity index is 1.26. The summed E-state index contributed by atoms with van der Waals surface area (Å²) in [5.74, 6) is 0.960. The van der Waals surface area contributed by atoms with Crippen molar-refractivity contribution in [3.05, 3.63) is 98.8 Å². The molecule has 0 spiro atoms. The standard InChI is InChI=1S/C32H34BrFN2O3/c1-21-4-3-5-24(22(21)2)20-36(26-9-10-26)32(37)29-19-35-15-14-28(29)23-6-11-27(12-7-23)38-16-17-39-31-18-25(34)8-13-30(31)33/h3-8,11-13,18,26,35H,9-10,14-17,19-20H2,1-2H3. The van der Waals surface area contributed by atoms with Gasteiger partial charge in [0.1, 0.15) is 30.5 Å². The number of rotatable bonds is 10. The Bertz CT molecular complexity index is 1370. The summed E-state index contributed by atoms with van der Waals surface area (Å²) in [5, 5.41) is 3.41. The van der Waals surface area contributed by atoms with Crippen LogP contribution in [-0.4, -0.2) is 43.2 Å². The molecule has 2 aliphatic rings. The predicted octanol–water partition coefficient (Wildman–Crippen LogP) is 6.60. The second-order valence-corrected chi connectivity index (χ2v) is 11.1. The number of nitrogens with one attached hydrogen (secondary N) is 1. The maximum atomic E-state index is 13.9. The first-order valence-electron chi connectivity index (χ1n) is 13.5. The molecule has 0 atom stereocenters. The highest BCUT2D eigenvalue weighted by Crippen LogP contribution is 2.34. The van der Waals surface area contributed by atoms with E-state index in [0.29, 0.717) is 36.0 Å². The second kappa shape index (κ2) is 12.3. The summed E-state index contributed by atoms with van der Waals surface area (Å²) in [6, 6.07) is 18.9. The van der Waals surface area contributed by atoms with Gasteiger partial charge in [-0.05, 0) is 108 Å². The fourth-order valence-electron chi connectivity index (χ4n) is 4.95. The van der Waals surface area contributed by atoms with Crippen LogP contribution in [0.3, 0.4) is 0 Å². The number of hydrogen-bond donors (Lipinski definition) is 1. The molecule has 0 unspecified atom stereocenters. The van der Waals surface area contributed by atoms with Gasteiger partial charge in [-0.1, -0.05) is 30.3 Å². The number of ether oxygens (including phenoxy) is 2. The summed E-state index contributed by atoms with van der Waals surface area (Å²) < 4.78 is 25.6. The molecule has 1 aliphatic carbocycles. The molecular weight excluding hydrogens is 559 g/mol. The van der Waals surface area contributed by atoms with Crippen LogP contribution in [0.5, 0.6) is 11.5 Å². The lowest BCUT2D eigenvalue weighted by molar-refractivity contribution is -0.128. The molecule has 1 saturated carbocycles. The van der Waals surface area contributed by atoms with Crippen molar-refractivity contribution in [1.29, 1.82) is 0 Å². The monoisotopic (exact) mass is 592 g/mol. The number of hydrogen-bond acceptors (Lipinski definition) is 4. The van der Waals surface area contributed by atoms with Crippen LogP contribution in [0.15, 0.2) is 70.7 Å². The van der Waals surface area contributed by atoms with E-state index in [9.17, 15) is 9.18 Å². The second-order valence-electron chi connectivity index (χ2n) is 10.2. The molecular formula is C32H34BrFN2O3. The third kappa shape index (κ3) is 6.71. The van der Waals surface area contributed by atoms with Gasteiger partial charge in [0.25, 0.3) is 5.91 Å². The fourth-order valence-corrected chi connectivity index (χ4v) is 5.31. The highest BCUT2D eigenvalue weighted by Gasteiger charge is 2.35. The van der Waals surface area contributed by atoms with Gasteiger partial charge >= 0.3 is 0 Å². The molecule has 5 nitrogen and oxygen atoms in total. The molecule has 3 aromatic rings. The van der Waals surface area contributed by atoms with Crippen molar-refractivity contribution in [1.82, 2.24) is 10.2 Å². The molecule has 1 amide bonds. The number of nitrogens with zero attached hydrogens (tertiary/aromatic N) is 1. The molecule has 39 heavy (non-hydrogen) atoms. The van der Waals surface area contributed by atoms with E-state index in [1.807, 2.05) is 24.3 Å². The Hall–Kier alpha value is -3.16. The molecule has 0 radical (unpaired) electrons. The highest BCUT2D eigenvalue weighted by molar-refractivity contribution is 9.10. The van der Waals surface area contributed by atoms with E-state index in [2.05, 4.69) is 58.2 Å². The average Bonchev–Trinajstić information content (AvgIpc) is 3.79. The SMILES string of the molecule is Cc1cccc(CN(C(=O)C2=C(c3ccc(OCCOc4cc(F)ccc4Br)cc3)CCNC2)C2CC2)c1C. The van der Waals surface area contributed by atoms with E-state index in [4.69, 9.17) is 9.47 Å². The Morgan fingerprint density at radius 3 is 2.59 bits per heavy atom. The quantitative estimate of drug-likeness (QED) is 0.269. The maximum absolute atomic E-state index is 13.9. The Morgan fingerprint density at radius 2 is 1.82 bits per heavy atom. The number of carbonyl (C=O) groups excluding carboxylic acids is 1. The molecule has 7 heteroatoms. The number of carbonyl (C=O) groups is 1. The molecule has 3 aromatic carbocycles. The van der Waals surface area contributed by atoms with Gasteiger partial charge in [-0.3, -0.25) is 4.79 Å². The van der Waals surface area contributed by atoms with Crippen molar-refractivity contribution in [3.8, 4) is 11.5 Å². The zero-order valence-corrected chi connectivity index (χ0v) is 24.0. The smallest absolute Gasteiger partial charge is 0.251 e. The summed E-state index contributed by atoms with van der Waals surface area (Å²) in [6.07, 6.45) is 2.94. The molecule has 5 rings (SSSR count). The maximum Gasteiger partial charge on any atom is 0.251 e. The Morgan fingerprint density at radius 1 is 1.05 bits per heavy atom. The number of amides is 1. The summed E-state index contributed by atoms with van der Waals surface area (Å²) in [6.45, 7) is 6.95. The zero-order chi connectivity index (χ0) is 27.4. The predicted molar refractivity (Wildman–Crippen MR) is 155 cm³/mol. The van der Waals surface area contributed by atoms with Gasteiger partial charge in [0.15, 0.2) is 0 Å². The van der Waals surface area contributed by atoms with E-state index in [0.717, 1.165) is 48.3 Å². The van der Waals surface area contributed by atoms with E-state index in [1.54, 1.807) is 6.07 Å². The van der Waals surface area contributed by atoms with Gasteiger partial charge in [-0.25, -0.2) is 4.39 Å². The van der Waals surface area contributed by atoms with Gasteiger partial charge in [0.2, 0.25) is 0 Å². The van der Waals surface area contributed by atoms with Crippen molar-refractivity contribution in [2.24, 2.45) is 0 Å². The van der Waals surface area contributed by atoms with E-state index >= 15 is 0 Å². The lowest BCUT2D eigenvalue weighted by Gasteiger charge is -2.29. The zero-order valence-electron chi connectivity index (χ0n) is 22.4. The van der Waals surface area contributed by atoms with Crippen molar-refractivity contribution >= 4 is 27.4 Å². The molecule has 1 fully saturated rings. The number of halogens is 2. The minimum atomic E-state index is -0.347. The normalized spacial score (nSPS) is 15.3. The third-order valence-electron chi connectivity index (χ3n) is 7.49. The number of aryl methyl sites for hydroxylation is 1. The summed E-state index contributed by atoms with van der Waals surface area (Å²) in [4.78, 5) is 16.0. The van der Waals surface area contributed by atoms with Crippen molar-refractivity contribution < 1.29 is 18.7 Å². The van der Waals surface area contributed by atoms with E-state index in [1.165, 1.54) is 28.8 Å². The summed E-state index contributed by atoms with van der Waals surface area (Å²) >= 11 is 3.36. The third-order valence-corrected chi connectivity index (χ3v) is 8.14. The molecule has 0 saturated heterocycles. The average molecular weight is 594 g/mol. The topological polar surface area (TPSA) is 50.8 Å². The highest BCUT2D eigenvalue weighted by atomic mass is 79.9. The van der Waals surface area contributed by atoms with Crippen molar-refractivity contribution in [3.63, 3.8) is 0 Å². The van der Waals surface area contributed by atoms with Gasteiger partial charge in [-0.15, -0.1) is 0 Å². The first kappa shape index (κ1) is 27.4. The number of benzene rings is 3. The van der Waals surface area contributed by atoms with Gasteiger partial charge in [-0.2, -0.15) is 0 Å². The van der Waals surface area contributed by atoms with Crippen LogP contribution < -0.4 is 14.8 Å². The van der Waals surface area contributed by atoms with Gasteiger partial charge in [0, 0.05) is 30.8 Å². The largest absolute Gasteiger partial charge is 0.490 e. The van der Waals surface area contributed by atoms with Crippen LogP contribution in [-0.2, 0) is 11.3 Å². The Labute approximate surface area is 238 Å². The molecule has 1 heterocycles. The summed E-state index contributed by atoms with van der Waals surface area (Å²) in [5.41, 5.74) is 6.76. The van der Waals surface area contributed by atoms with Crippen LogP contribution in [0.2, 0.25) is 0 Å². The molecule has 204 valence electrons. The first-order valence-corrected chi connectivity index (χ1v) is 14.3.